The standard InChI is InChI=1S/C26H31N3/c27-22-26(24-13-5-2-6-14-24)16-8-7-15-25(26)29-20-18-28(19-21-29)17-9-12-23-10-3-1-4-11-23/h1-6,9-14,25H,7-8,15-21H2/b12-9-. The van der Waals surface area contributed by atoms with Gasteiger partial charge in [-0.1, -0.05) is 85.7 Å². The molecule has 1 saturated heterocycles. The van der Waals surface area contributed by atoms with Crippen LogP contribution in [0.3, 0.4) is 0 Å². The van der Waals surface area contributed by atoms with Crippen LogP contribution in [0.25, 0.3) is 6.08 Å². The quantitative estimate of drug-likeness (QED) is 0.746. The van der Waals surface area contributed by atoms with Crippen molar-refractivity contribution in [3.05, 3.63) is 77.9 Å². The molecular formula is C26H31N3. The van der Waals surface area contributed by atoms with Gasteiger partial charge in [0.15, 0.2) is 0 Å². The molecule has 2 aliphatic rings. The molecule has 2 atom stereocenters. The molecule has 0 spiro atoms. The average Bonchev–Trinajstić information content (AvgIpc) is 2.81. The maximum Gasteiger partial charge on any atom is 0.0976 e. The van der Waals surface area contributed by atoms with E-state index in [1.54, 1.807) is 0 Å². The van der Waals surface area contributed by atoms with Crippen molar-refractivity contribution >= 4 is 6.08 Å². The Morgan fingerprint density at radius 3 is 2.31 bits per heavy atom. The van der Waals surface area contributed by atoms with Gasteiger partial charge in [0, 0.05) is 38.8 Å². The maximum absolute atomic E-state index is 10.3. The van der Waals surface area contributed by atoms with Crippen LogP contribution in [0, 0.1) is 11.3 Å². The van der Waals surface area contributed by atoms with Gasteiger partial charge in [-0.05, 0) is 24.0 Å². The normalized spacial score (nSPS) is 26.4. The number of piperazine rings is 1. The van der Waals surface area contributed by atoms with Gasteiger partial charge in [-0.15, -0.1) is 0 Å². The first kappa shape index (κ1) is 19.9. The summed E-state index contributed by atoms with van der Waals surface area (Å²) in [4.78, 5) is 5.13. The van der Waals surface area contributed by atoms with Gasteiger partial charge in [-0.3, -0.25) is 9.80 Å². The number of benzene rings is 2. The Labute approximate surface area is 175 Å². The molecule has 0 amide bonds. The molecule has 29 heavy (non-hydrogen) atoms. The monoisotopic (exact) mass is 385 g/mol. The molecule has 0 aromatic heterocycles. The zero-order chi connectivity index (χ0) is 19.9. The number of hydrogen-bond donors (Lipinski definition) is 0. The summed E-state index contributed by atoms with van der Waals surface area (Å²) in [6.45, 7) is 5.26. The molecule has 1 aliphatic carbocycles. The van der Waals surface area contributed by atoms with Crippen molar-refractivity contribution in [2.75, 3.05) is 32.7 Å². The van der Waals surface area contributed by atoms with Crippen molar-refractivity contribution in [2.24, 2.45) is 0 Å². The minimum atomic E-state index is -0.352. The van der Waals surface area contributed by atoms with Gasteiger partial charge in [0.05, 0.1) is 11.5 Å². The Hall–Kier alpha value is -2.41. The number of nitriles is 1. The van der Waals surface area contributed by atoms with Crippen LogP contribution in [0.15, 0.2) is 66.7 Å². The third kappa shape index (κ3) is 4.45. The fourth-order valence-electron chi connectivity index (χ4n) is 5.08. The first-order valence-corrected chi connectivity index (χ1v) is 11.0. The van der Waals surface area contributed by atoms with E-state index in [1.807, 2.05) is 6.07 Å². The molecule has 4 rings (SSSR count). The molecule has 0 radical (unpaired) electrons. The smallest absolute Gasteiger partial charge is 0.0976 e. The Bertz CT molecular complexity index is 831. The van der Waals surface area contributed by atoms with Gasteiger partial charge >= 0.3 is 0 Å². The highest BCUT2D eigenvalue weighted by atomic mass is 15.3. The van der Waals surface area contributed by atoms with Crippen molar-refractivity contribution in [3.8, 4) is 6.07 Å². The summed E-state index contributed by atoms with van der Waals surface area (Å²) in [5.41, 5.74) is 2.12. The highest BCUT2D eigenvalue weighted by Gasteiger charge is 2.45. The van der Waals surface area contributed by atoms with Crippen LogP contribution in [-0.2, 0) is 5.41 Å². The molecule has 2 fully saturated rings. The third-order valence-corrected chi connectivity index (χ3v) is 6.68. The van der Waals surface area contributed by atoms with Gasteiger partial charge in [0.1, 0.15) is 0 Å². The lowest BCUT2D eigenvalue weighted by Crippen LogP contribution is -2.57. The second kappa shape index (κ2) is 9.39. The van der Waals surface area contributed by atoms with E-state index < -0.39 is 0 Å². The molecule has 1 saturated carbocycles. The highest BCUT2D eigenvalue weighted by Crippen LogP contribution is 2.42. The molecular weight excluding hydrogens is 354 g/mol. The van der Waals surface area contributed by atoms with Gasteiger partial charge in [0.2, 0.25) is 0 Å². The molecule has 2 unspecified atom stereocenters. The summed E-state index contributed by atoms with van der Waals surface area (Å²) >= 11 is 0. The van der Waals surface area contributed by atoms with Crippen molar-refractivity contribution in [3.63, 3.8) is 0 Å². The van der Waals surface area contributed by atoms with Gasteiger partial charge in [-0.25, -0.2) is 0 Å². The lowest BCUT2D eigenvalue weighted by atomic mass is 9.66. The van der Waals surface area contributed by atoms with Crippen LogP contribution in [0.1, 0.15) is 36.8 Å². The Morgan fingerprint density at radius 2 is 1.62 bits per heavy atom. The molecule has 150 valence electrons. The lowest BCUT2D eigenvalue weighted by molar-refractivity contribution is 0.0545. The van der Waals surface area contributed by atoms with E-state index in [4.69, 9.17) is 0 Å². The number of nitrogens with zero attached hydrogens (tertiary/aromatic N) is 3. The second-order valence-electron chi connectivity index (χ2n) is 8.36. The predicted molar refractivity (Wildman–Crippen MR) is 119 cm³/mol. The van der Waals surface area contributed by atoms with Crippen LogP contribution in [0.2, 0.25) is 0 Å². The molecule has 2 aromatic rings. The minimum absolute atomic E-state index is 0.339. The van der Waals surface area contributed by atoms with E-state index in [2.05, 4.69) is 82.6 Å². The average molecular weight is 386 g/mol. The van der Waals surface area contributed by atoms with Crippen LogP contribution < -0.4 is 0 Å². The van der Waals surface area contributed by atoms with E-state index in [1.165, 1.54) is 17.5 Å². The van der Waals surface area contributed by atoms with Crippen molar-refractivity contribution in [1.29, 1.82) is 5.26 Å². The van der Waals surface area contributed by atoms with E-state index in [0.717, 1.165) is 52.0 Å². The summed E-state index contributed by atoms with van der Waals surface area (Å²) in [6.07, 6.45) is 9.00. The molecule has 2 aromatic carbocycles. The van der Waals surface area contributed by atoms with Gasteiger partial charge < -0.3 is 0 Å². The molecule has 3 heteroatoms. The van der Waals surface area contributed by atoms with E-state index in [9.17, 15) is 5.26 Å². The molecule has 3 nitrogen and oxygen atoms in total. The van der Waals surface area contributed by atoms with Gasteiger partial charge in [0.25, 0.3) is 0 Å². The van der Waals surface area contributed by atoms with Crippen LogP contribution >= 0.6 is 0 Å². The van der Waals surface area contributed by atoms with Crippen LogP contribution in [-0.4, -0.2) is 48.6 Å². The first-order valence-electron chi connectivity index (χ1n) is 11.0. The first-order chi connectivity index (χ1) is 14.3. The molecule has 0 bridgehead atoms. The fourth-order valence-corrected chi connectivity index (χ4v) is 5.08. The van der Waals surface area contributed by atoms with Crippen molar-refractivity contribution in [2.45, 2.75) is 37.1 Å². The Balaban J connectivity index is 1.39. The predicted octanol–water partition coefficient (Wildman–Crippen LogP) is 4.72. The van der Waals surface area contributed by atoms with Crippen molar-refractivity contribution < 1.29 is 0 Å². The summed E-state index contributed by atoms with van der Waals surface area (Å²) in [7, 11) is 0. The zero-order valence-corrected chi connectivity index (χ0v) is 17.2. The SMILES string of the molecule is N#CC1(c2ccccc2)CCCCC1N1CCN(C/C=C\c2ccccc2)CC1. The molecule has 0 N–H and O–H groups in total. The number of hydrogen-bond acceptors (Lipinski definition) is 3. The number of rotatable bonds is 5. The van der Waals surface area contributed by atoms with E-state index in [-0.39, 0.29) is 5.41 Å². The summed E-state index contributed by atoms with van der Waals surface area (Å²) in [5, 5.41) is 10.3. The lowest BCUT2D eigenvalue weighted by Gasteiger charge is -2.48. The zero-order valence-electron chi connectivity index (χ0n) is 17.2. The van der Waals surface area contributed by atoms with Crippen LogP contribution in [0.4, 0.5) is 0 Å². The van der Waals surface area contributed by atoms with Crippen LogP contribution in [0.5, 0.6) is 0 Å². The summed E-state index contributed by atoms with van der Waals surface area (Å²) in [5.74, 6) is 0. The summed E-state index contributed by atoms with van der Waals surface area (Å²) < 4.78 is 0. The maximum atomic E-state index is 10.3. The highest BCUT2D eigenvalue weighted by molar-refractivity contribution is 5.48. The van der Waals surface area contributed by atoms with Crippen molar-refractivity contribution in [1.82, 2.24) is 9.80 Å². The van der Waals surface area contributed by atoms with E-state index >= 15 is 0 Å². The molecule has 1 aliphatic heterocycles. The Morgan fingerprint density at radius 1 is 0.931 bits per heavy atom. The Kier molecular flexibility index (Phi) is 6.44. The largest absolute Gasteiger partial charge is 0.297 e. The minimum Gasteiger partial charge on any atom is -0.297 e. The van der Waals surface area contributed by atoms with E-state index in [0.29, 0.717) is 6.04 Å². The molecule has 1 heterocycles. The van der Waals surface area contributed by atoms with Gasteiger partial charge in [-0.2, -0.15) is 5.26 Å². The topological polar surface area (TPSA) is 30.3 Å². The fraction of sp³-hybridized carbons (Fsp3) is 0.423. The second-order valence-corrected chi connectivity index (χ2v) is 8.36. The summed E-state index contributed by atoms with van der Waals surface area (Å²) in [6, 6.07) is 24.1. The third-order valence-electron chi connectivity index (χ3n) is 6.68.